The average Bonchev–Trinajstić information content (AvgIpc) is 2.56. The minimum Gasteiger partial charge on any atom is -0.494 e. The number of anilines is 1. The molecular weight excluding hydrogens is 306 g/mol. The van der Waals surface area contributed by atoms with Crippen LogP contribution in [-0.2, 0) is 16.0 Å². The van der Waals surface area contributed by atoms with Crippen LogP contribution in [0.3, 0.4) is 0 Å². The summed E-state index contributed by atoms with van der Waals surface area (Å²) in [5.41, 5.74) is 1.64. The first-order valence-corrected chi connectivity index (χ1v) is 7.87. The molecule has 0 unspecified atom stereocenters. The lowest BCUT2D eigenvalue weighted by molar-refractivity contribution is -0.134. The number of para-hydroxylation sites is 1. The Balaban J connectivity index is 1.88. The molecule has 1 N–H and O–H groups in total. The minimum atomic E-state index is -0.312. The number of esters is 1. The molecule has 0 spiro atoms. The summed E-state index contributed by atoms with van der Waals surface area (Å²) in [6.45, 7) is 3.95. The van der Waals surface area contributed by atoms with Gasteiger partial charge in [0.15, 0.2) is 0 Å². The molecule has 0 aliphatic heterocycles. The van der Waals surface area contributed by atoms with Crippen molar-refractivity contribution < 1.29 is 19.1 Å². The van der Waals surface area contributed by atoms with E-state index in [1.807, 2.05) is 31.2 Å². The third kappa shape index (κ3) is 5.43. The van der Waals surface area contributed by atoms with E-state index in [1.54, 1.807) is 24.3 Å². The summed E-state index contributed by atoms with van der Waals surface area (Å²) in [6.07, 6.45) is 0.816. The van der Waals surface area contributed by atoms with E-state index in [4.69, 9.17) is 9.47 Å². The van der Waals surface area contributed by atoms with Gasteiger partial charge in [0.2, 0.25) is 5.91 Å². The Bertz CT molecular complexity index is 695. The van der Waals surface area contributed by atoms with E-state index in [1.165, 1.54) is 6.92 Å². The molecule has 2 rings (SSSR count). The number of benzene rings is 2. The van der Waals surface area contributed by atoms with Crippen LogP contribution >= 0.6 is 0 Å². The molecule has 0 heterocycles. The molecule has 0 atom stereocenters. The first kappa shape index (κ1) is 17.5. The van der Waals surface area contributed by atoms with Crippen LogP contribution in [-0.4, -0.2) is 18.5 Å². The van der Waals surface area contributed by atoms with Gasteiger partial charge >= 0.3 is 5.97 Å². The van der Waals surface area contributed by atoms with Gasteiger partial charge < -0.3 is 14.8 Å². The smallest absolute Gasteiger partial charge is 0.311 e. The molecule has 0 bridgehead atoms. The summed E-state index contributed by atoms with van der Waals surface area (Å²) in [7, 11) is 0. The molecule has 5 heteroatoms. The Morgan fingerprint density at radius 1 is 1.04 bits per heavy atom. The molecule has 0 aliphatic rings. The summed E-state index contributed by atoms with van der Waals surface area (Å²) in [4.78, 5) is 22.9. The summed E-state index contributed by atoms with van der Waals surface area (Å²) in [5, 5.41) is 2.66. The van der Waals surface area contributed by atoms with Gasteiger partial charge in [-0.2, -0.15) is 0 Å². The molecule has 0 radical (unpaired) electrons. The number of hydrogen-bond donors (Lipinski definition) is 1. The third-order valence-corrected chi connectivity index (χ3v) is 3.28. The zero-order valence-corrected chi connectivity index (χ0v) is 13.9. The third-order valence-electron chi connectivity index (χ3n) is 3.28. The van der Waals surface area contributed by atoms with E-state index in [0.29, 0.717) is 24.5 Å². The number of hydrogen-bond acceptors (Lipinski definition) is 4. The van der Waals surface area contributed by atoms with Crippen molar-refractivity contribution in [2.45, 2.75) is 26.7 Å². The molecule has 0 fully saturated rings. The second kappa shape index (κ2) is 8.72. The molecule has 0 aliphatic carbocycles. The van der Waals surface area contributed by atoms with Crippen molar-refractivity contribution in [3.05, 3.63) is 54.1 Å². The molecule has 2 aromatic carbocycles. The number of carbonyl (C=O) groups is 2. The van der Waals surface area contributed by atoms with Gasteiger partial charge in [-0.25, -0.2) is 0 Å². The van der Waals surface area contributed by atoms with Crippen LogP contribution in [0.1, 0.15) is 25.8 Å². The second-order valence-electron chi connectivity index (χ2n) is 5.22. The second-order valence-corrected chi connectivity index (χ2v) is 5.22. The molecule has 24 heavy (non-hydrogen) atoms. The van der Waals surface area contributed by atoms with E-state index < -0.39 is 0 Å². The van der Waals surface area contributed by atoms with Gasteiger partial charge in [0.1, 0.15) is 11.5 Å². The van der Waals surface area contributed by atoms with Crippen molar-refractivity contribution in [3.8, 4) is 11.5 Å². The van der Waals surface area contributed by atoms with Gasteiger partial charge in [-0.1, -0.05) is 18.2 Å². The number of amides is 1. The highest BCUT2D eigenvalue weighted by Gasteiger charge is 2.09. The van der Waals surface area contributed by atoms with E-state index in [0.717, 1.165) is 11.3 Å². The zero-order chi connectivity index (χ0) is 17.4. The van der Waals surface area contributed by atoms with Crippen molar-refractivity contribution in [1.82, 2.24) is 0 Å². The molecular formula is C19H21NO4. The van der Waals surface area contributed by atoms with E-state index in [-0.39, 0.29) is 18.3 Å². The minimum absolute atomic E-state index is 0.146. The van der Waals surface area contributed by atoms with Crippen LogP contribution in [0.25, 0.3) is 0 Å². The van der Waals surface area contributed by atoms with E-state index >= 15 is 0 Å². The fourth-order valence-electron chi connectivity index (χ4n) is 2.24. The van der Waals surface area contributed by atoms with Crippen LogP contribution in [0, 0.1) is 0 Å². The monoisotopic (exact) mass is 327 g/mol. The van der Waals surface area contributed by atoms with Crippen LogP contribution < -0.4 is 14.8 Å². The van der Waals surface area contributed by atoms with Crippen molar-refractivity contribution in [1.29, 1.82) is 0 Å². The summed E-state index contributed by atoms with van der Waals surface area (Å²) in [5.74, 6) is 0.793. The Morgan fingerprint density at radius 3 is 2.42 bits per heavy atom. The highest BCUT2D eigenvalue weighted by Crippen LogP contribution is 2.20. The summed E-state index contributed by atoms with van der Waals surface area (Å²) in [6, 6.07) is 14.3. The van der Waals surface area contributed by atoms with E-state index in [2.05, 4.69) is 5.32 Å². The normalized spacial score (nSPS) is 10.1. The SMILES string of the molecule is CCOc1ccccc1CCC(=O)Oc1ccc(NC(C)=O)cc1. The Hall–Kier alpha value is -2.82. The van der Waals surface area contributed by atoms with Crippen LogP contribution in [0.15, 0.2) is 48.5 Å². The van der Waals surface area contributed by atoms with Crippen LogP contribution in [0.5, 0.6) is 11.5 Å². The maximum Gasteiger partial charge on any atom is 0.311 e. The molecule has 0 aromatic heterocycles. The molecule has 5 nitrogen and oxygen atoms in total. The predicted octanol–water partition coefficient (Wildman–Crippen LogP) is 3.58. The quantitative estimate of drug-likeness (QED) is 0.623. The fraction of sp³-hybridized carbons (Fsp3) is 0.263. The first-order valence-electron chi connectivity index (χ1n) is 7.87. The lowest BCUT2D eigenvalue weighted by atomic mass is 10.1. The van der Waals surface area contributed by atoms with Gasteiger partial charge in [0.25, 0.3) is 0 Å². The van der Waals surface area contributed by atoms with Gasteiger partial charge in [0, 0.05) is 12.6 Å². The Labute approximate surface area is 141 Å². The summed E-state index contributed by atoms with van der Waals surface area (Å²) < 4.78 is 10.8. The molecule has 0 saturated heterocycles. The number of rotatable bonds is 7. The number of carbonyl (C=O) groups excluding carboxylic acids is 2. The van der Waals surface area contributed by atoms with Gasteiger partial charge in [-0.3, -0.25) is 9.59 Å². The summed E-state index contributed by atoms with van der Waals surface area (Å²) >= 11 is 0. The van der Waals surface area contributed by atoms with E-state index in [9.17, 15) is 9.59 Å². The van der Waals surface area contributed by atoms with Gasteiger partial charge in [-0.15, -0.1) is 0 Å². The number of nitrogens with one attached hydrogen (secondary N) is 1. The maximum absolute atomic E-state index is 12.0. The van der Waals surface area contributed by atoms with Crippen molar-refractivity contribution >= 4 is 17.6 Å². The highest BCUT2D eigenvalue weighted by atomic mass is 16.5. The Morgan fingerprint density at radius 2 is 1.75 bits per heavy atom. The van der Waals surface area contributed by atoms with Crippen molar-refractivity contribution in [2.75, 3.05) is 11.9 Å². The van der Waals surface area contributed by atoms with Gasteiger partial charge in [-0.05, 0) is 49.2 Å². The maximum atomic E-state index is 12.0. The van der Waals surface area contributed by atoms with Gasteiger partial charge in [0.05, 0.1) is 13.0 Å². The highest BCUT2D eigenvalue weighted by molar-refractivity contribution is 5.88. The molecule has 2 aromatic rings. The van der Waals surface area contributed by atoms with Crippen molar-refractivity contribution in [2.24, 2.45) is 0 Å². The first-order chi connectivity index (χ1) is 11.6. The Kier molecular flexibility index (Phi) is 6.37. The standard InChI is InChI=1S/C19H21NO4/c1-3-23-18-7-5-4-6-15(18)8-13-19(22)24-17-11-9-16(10-12-17)20-14(2)21/h4-7,9-12H,3,8,13H2,1-2H3,(H,20,21). The average molecular weight is 327 g/mol. The zero-order valence-electron chi connectivity index (χ0n) is 13.9. The molecule has 126 valence electrons. The van der Waals surface area contributed by atoms with Crippen molar-refractivity contribution in [3.63, 3.8) is 0 Å². The topological polar surface area (TPSA) is 64.6 Å². The molecule has 1 amide bonds. The van der Waals surface area contributed by atoms with Crippen LogP contribution in [0.4, 0.5) is 5.69 Å². The fourth-order valence-corrected chi connectivity index (χ4v) is 2.24. The lowest BCUT2D eigenvalue weighted by Crippen LogP contribution is -2.10. The lowest BCUT2D eigenvalue weighted by Gasteiger charge is -2.10. The molecule has 0 saturated carbocycles. The largest absolute Gasteiger partial charge is 0.494 e. The number of ether oxygens (including phenoxy) is 2. The van der Waals surface area contributed by atoms with Crippen LogP contribution in [0.2, 0.25) is 0 Å². The predicted molar refractivity (Wildman–Crippen MR) is 92.3 cm³/mol. The number of aryl methyl sites for hydroxylation is 1.